The highest BCUT2D eigenvalue weighted by Gasteiger charge is 2.72. The van der Waals surface area contributed by atoms with E-state index in [-0.39, 0.29) is 18.5 Å². The molecule has 0 aliphatic rings. The molecule has 1 aromatic carbocycles. The Labute approximate surface area is 160 Å². The number of hydrogen-bond acceptors (Lipinski definition) is 1. The van der Waals surface area contributed by atoms with Crippen molar-refractivity contribution in [1.82, 2.24) is 5.32 Å². The van der Waals surface area contributed by atoms with Gasteiger partial charge in [-0.2, -0.15) is 30.7 Å². The van der Waals surface area contributed by atoms with Crippen molar-refractivity contribution in [2.75, 3.05) is 6.54 Å². The van der Waals surface area contributed by atoms with Crippen molar-refractivity contribution >= 4 is 44.4 Å². The molecule has 0 bridgehead atoms. The first kappa shape index (κ1) is 22.2. The van der Waals surface area contributed by atoms with Gasteiger partial charge in [0.1, 0.15) is 0 Å². The monoisotopic (exact) mass is 547 g/mol. The predicted octanol–water partition coefficient (Wildman–Crippen LogP) is 5.72. The molecule has 2 nitrogen and oxygen atoms in total. The number of carbonyl (C=O) groups excluding carboxylic acids is 1. The maximum absolute atomic E-state index is 13.2. The summed E-state index contributed by atoms with van der Waals surface area (Å²) in [5.41, 5.74) is 0.274. The molecule has 0 aliphatic carbocycles. The Balaban J connectivity index is 2.66. The lowest BCUT2D eigenvalue weighted by Gasteiger charge is -2.26. The Bertz CT molecular complexity index is 644. The Morgan fingerprint density at radius 1 is 1.08 bits per heavy atom. The van der Waals surface area contributed by atoms with Crippen LogP contribution >= 0.6 is 38.5 Å². The van der Waals surface area contributed by atoms with Crippen LogP contribution in [0.25, 0.3) is 0 Å². The van der Waals surface area contributed by atoms with E-state index in [2.05, 4.69) is 21.2 Å². The number of alkyl halides is 7. The van der Waals surface area contributed by atoms with Crippen molar-refractivity contribution < 1.29 is 35.5 Å². The second-order valence-electron chi connectivity index (χ2n) is 4.80. The van der Waals surface area contributed by atoms with Crippen molar-refractivity contribution in [3.8, 4) is 0 Å². The van der Waals surface area contributed by atoms with E-state index in [1.807, 2.05) is 0 Å². The van der Waals surface area contributed by atoms with Crippen molar-refractivity contribution in [3.05, 3.63) is 44.0 Å². The fraction of sp³-hybridized carbons (Fsp3) is 0.357. The summed E-state index contributed by atoms with van der Waals surface area (Å²) in [4.78, 5) is 11.7. The van der Waals surface area contributed by atoms with Gasteiger partial charge in [-0.15, -0.1) is 0 Å². The molecule has 1 N–H and O–H groups in total. The number of amides is 1. The molecule has 140 valence electrons. The number of rotatable bonds is 6. The third kappa shape index (κ3) is 5.83. The fourth-order valence-corrected chi connectivity index (χ4v) is 2.47. The number of benzene rings is 1. The highest BCUT2D eigenvalue weighted by atomic mass is 127. The average Bonchev–Trinajstić information content (AvgIpc) is 2.45. The van der Waals surface area contributed by atoms with Crippen LogP contribution in [-0.4, -0.2) is 30.5 Å². The molecule has 0 saturated heterocycles. The van der Waals surface area contributed by atoms with Crippen molar-refractivity contribution in [1.29, 1.82) is 0 Å². The normalized spacial score (nSPS) is 13.7. The maximum Gasteiger partial charge on any atom is 0.460 e. The van der Waals surface area contributed by atoms with Gasteiger partial charge in [-0.3, -0.25) is 4.79 Å². The van der Waals surface area contributed by atoms with E-state index in [0.717, 1.165) is 4.47 Å². The van der Waals surface area contributed by atoms with Gasteiger partial charge in [0.05, 0.1) is 0 Å². The van der Waals surface area contributed by atoms with Gasteiger partial charge in [0, 0.05) is 22.7 Å². The zero-order valence-corrected chi connectivity index (χ0v) is 15.9. The predicted molar refractivity (Wildman–Crippen MR) is 89.1 cm³/mol. The minimum absolute atomic E-state index is 0.211. The van der Waals surface area contributed by atoms with Gasteiger partial charge in [-0.25, -0.2) is 0 Å². The topological polar surface area (TPSA) is 29.1 Å². The molecule has 0 atom stereocenters. The van der Waals surface area contributed by atoms with Crippen LogP contribution in [0.3, 0.4) is 0 Å². The van der Waals surface area contributed by atoms with Crippen LogP contribution in [0.1, 0.15) is 16.8 Å². The summed E-state index contributed by atoms with van der Waals surface area (Å²) in [6, 6.07) is 6.16. The SMILES string of the molecule is O=C(NCCC(I)=CC(F)(F)C(F)(F)C(F)(F)F)c1ccc(Br)cc1. The molecule has 11 heteroatoms. The zero-order chi connectivity index (χ0) is 19.5. The number of halogens is 9. The third-order valence-corrected chi connectivity index (χ3v) is 4.25. The molecular weight excluding hydrogens is 538 g/mol. The molecule has 0 heterocycles. The quantitative estimate of drug-likeness (QED) is 0.358. The summed E-state index contributed by atoms with van der Waals surface area (Å²) in [6.45, 7) is -0.211. The highest BCUT2D eigenvalue weighted by Crippen LogP contribution is 2.47. The summed E-state index contributed by atoms with van der Waals surface area (Å²) < 4.78 is 88.3. The number of allylic oxidation sites excluding steroid dienone is 1. The molecule has 0 radical (unpaired) electrons. The van der Waals surface area contributed by atoms with Gasteiger partial charge in [0.25, 0.3) is 5.91 Å². The van der Waals surface area contributed by atoms with Gasteiger partial charge in [-0.05, 0) is 56.9 Å². The van der Waals surface area contributed by atoms with E-state index in [1.165, 1.54) is 34.7 Å². The van der Waals surface area contributed by atoms with E-state index in [4.69, 9.17) is 0 Å². The van der Waals surface area contributed by atoms with Crippen LogP contribution < -0.4 is 5.32 Å². The van der Waals surface area contributed by atoms with Gasteiger partial charge in [0.15, 0.2) is 0 Å². The van der Waals surface area contributed by atoms with Gasteiger partial charge >= 0.3 is 18.0 Å². The van der Waals surface area contributed by atoms with E-state index in [9.17, 15) is 35.5 Å². The number of hydrogen-bond donors (Lipinski definition) is 1. The Morgan fingerprint density at radius 2 is 1.60 bits per heavy atom. The second-order valence-corrected chi connectivity index (χ2v) is 7.10. The Kier molecular flexibility index (Phi) is 7.31. The third-order valence-electron chi connectivity index (χ3n) is 2.87. The molecular formula is C14H10BrF7INO. The number of carbonyl (C=O) groups is 1. The molecule has 0 unspecified atom stereocenters. The van der Waals surface area contributed by atoms with E-state index >= 15 is 0 Å². The lowest BCUT2D eigenvalue weighted by atomic mass is 10.1. The lowest BCUT2D eigenvalue weighted by molar-refractivity contribution is -0.341. The van der Waals surface area contributed by atoms with Crippen LogP contribution in [0.2, 0.25) is 0 Å². The van der Waals surface area contributed by atoms with Gasteiger partial charge in [0.2, 0.25) is 0 Å². The van der Waals surface area contributed by atoms with Crippen LogP contribution in [0, 0.1) is 0 Å². The molecule has 25 heavy (non-hydrogen) atoms. The van der Waals surface area contributed by atoms with Crippen LogP contribution in [0.4, 0.5) is 30.7 Å². The smallest absolute Gasteiger partial charge is 0.352 e. The molecule has 0 aliphatic heterocycles. The maximum atomic E-state index is 13.2. The van der Waals surface area contributed by atoms with Crippen molar-refractivity contribution in [2.24, 2.45) is 0 Å². The first-order valence-electron chi connectivity index (χ1n) is 6.51. The second kappa shape index (κ2) is 8.23. The summed E-state index contributed by atoms with van der Waals surface area (Å²) >= 11 is 4.40. The van der Waals surface area contributed by atoms with Crippen LogP contribution in [0.5, 0.6) is 0 Å². The molecule has 0 saturated carbocycles. The van der Waals surface area contributed by atoms with E-state index in [1.54, 1.807) is 12.1 Å². The Morgan fingerprint density at radius 3 is 2.08 bits per heavy atom. The van der Waals surface area contributed by atoms with Gasteiger partial charge < -0.3 is 5.32 Å². The van der Waals surface area contributed by atoms with Crippen LogP contribution in [-0.2, 0) is 0 Å². The molecule has 1 aromatic rings. The minimum Gasteiger partial charge on any atom is -0.352 e. The first-order valence-corrected chi connectivity index (χ1v) is 8.38. The lowest BCUT2D eigenvalue weighted by Crippen LogP contribution is -2.50. The molecule has 1 rings (SSSR count). The summed E-state index contributed by atoms with van der Waals surface area (Å²) in [5.74, 6) is -12.1. The van der Waals surface area contributed by atoms with Crippen LogP contribution in [0.15, 0.2) is 38.4 Å². The number of nitrogens with one attached hydrogen (secondary N) is 1. The molecule has 1 amide bonds. The fourth-order valence-electron chi connectivity index (χ4n) is 1.55. The average molecular weight is 548 g/mol. The first-order chi connectivity index (χ1) is 11.3. The summed E-state index contributed by atoms with van der Waals surface area (Å²) in [6.07, 6.45) is -7.14. The molecule has 0 spiro atoms. The standard InChI is InChI=1S/C14H10BrF7INO/c15-9-3-1-8(2-4-9)11(25)24-6-5-10(23)7-12(16,17)13(18,19)14(20,21)22/h1-4,7H,5-6H2,(H,24,25). The zero-order valence-electron chi connectivity index (χ0n) is 12.1. The van der Waals surface area contributed by atoms with E-state index in [0.29, 0.717) is 0 Å². The molecule has 0 fully saturated rings. The largest absolute Gasteiger partial charge is 0.460 e. The molecule has 0 aromatic heterocycles. The minimum atomic E-state index is -6.38. The summed E-state index contributed by atoms with van der Waals surface area (Å²) in [7, 11) is 0. The summed E-state index contributed by atoms with van der Waals surface area (Å²) in [5, 5.41) is 2.35. The Hall–Kier alpha value is -0.850. The van der Waals surface area contributed by atoms with Crippen molar-refractivity contribution in [2.45, 2.75) is 24.4 Å². The van der Waals surface area contributed by atoms with E-state index < -0.39 is 33.6 Å². The van der Waals surface area contributed by atoms with Gasteiger partial charge in [-0.1, -0.05) is 15.9 Å². The highest BCUT2D eigenvalue weighted by molar-refractivity contribution is 14.1. The van der Waals surface area contributed by atoms with Crippen molar-refractivity contribution in [3.63, 3.8) is 0 Å².